The number of carbonyl (C=O) groups is 2. The predicted octanol–water partition coefficient (Wildman–Crippen LogP) is 2.26. The molecule has 0 aliphatic heterocycles. The average Bonchev–Trinajstić information content (AvgIpc) is 3.48. The number of para-hydroxylation sites is 1. The van der Waals surface area contributed by atoms with Crippen molar-refractivity contribution in [3.05, 3.63) is 72.9 Å². The molecule has 1 amide bonds. The molecule has 5 aromatic rings. The molecule has 0 atom stereocenters. The normalized spacial score (nSPS) is 11.1. The van der Waals surface area contributed by atoms with E-state index in [-0.39, 0.29) is 11.4 Å². The van der Waals surface area contributed by atoms with Crippen LogP contribution in [0, 0.1) is 0 Å². The molecule has 3 aromatic heterocycles. The highest BCUT2D eigenvalue weighted by molar-refractivity contribution is 6.07. The van der Waals surface area contributed by atoms with Gasteiger partial charge in [0.1, 0.15) is 12.9 Å². The second-order valence-electron chi connectivity index (χ2n) is 7.04. The molecule has 158 valence electrons. The molecule has 32 heavy (non-hydrogen) atoms. The van der Waals surface area contributed by atoms with Crippen molar-refractivity contribution < 1.29 is 19.8 Å². The van der Waals surface area contributed by atoms with Crippen molar-refractivity contribution >= 4 is 28.3 Å². The predicted molar refractivity (Wildman–Crippen MR) is 115 cm³/mol. The van der Waals surface area contributed by atoms with Gasteiger partial charge in [-0.15, -0.1) is 0 Å². The molecule has 10 nitrogen and oxygen atoms in total. The summed E-state index contributed by atoms with van der Waals surface area (Å²) in [6.45, 7) is -0.586. The number of carbonyl (C=O) groups excluding carboxylic acids is 1. The van der Waals surface area contributed by atoms with Crippen LogP contribution in [-0.2, 0) is 4.79 Å². The fourth-order valence-electron chi connectivity index (χ4n) is 3.57. The maximum Gasteiger partial charge on any atom is 0.322 e. The van der Waals surface area contributed by atoms with Crippen LogP contribution in [0.5, 0.6) is 5.75 Å². The maximum absolute atomic E-state index is 12.5. The monoisotopic (exact) mass is 428 g/mol. The van der Waals surface area contributed by atoms with Gasteiger partial charge in [-0.25, -0.2) is 14.2 Å². The zero-order valence-electron chi connectivity index (χ0n) is 16.5. The van der Waals surface area contributed by atoms with Crippen LogP contribution >= 0.6 is 0 Å². The lowest BCUT2D eigenvalue weighted by atomic mass is 10.0. The summed E-state index contributed by atoms with van der Waals surface area (Å²) in [5.41, 5.74) is 2.80. The fourth-order valence-corrected chi connectivity index (χ4v) is 3.57. The first-order valence-corrected chi connectivity index (χ1v) is 9.62. The van der Waals surface area contributed by atoms with Crippen molar-refractivity contribution in [3.63, 3.8) is 0 Å². The molecule has 5 rings (SSSR count). The Morgan fingerprint density at radius 1 is 1.00 bits per heavy atom. The van der Waals surface area contributed by atoms with E-state index >= 15 is 0 Å². The van der Waals surface area contributed by atoms with E-state index in [2.05, 4.69) is 20.5 Å². The van der Waals surface area contributed by atoms with E-state index in [0.29, 0.717) is 16.4 Å². The first kappa shape index (κ1) is 19.2. The lowest BCUT2D eigenvalue weighted by Crippen LogP contribution is -2.31. The van der Waals surface area contributed by atoms with Gasteiger partial charge in [0, 0.05) is 22.5 Å². The summed E-state index contributed by atoms with van der Waals surface area (Å²) in [6.07, 6.45) is 4.90. The van der Waals surface area contributed by atoms with Gasteiger partial charge in [0.15, 0.2) is 17.1 Å². The number of fused-ring (bicyclic) bond motifs is 3. The smallest absolute Gasteiger partial charge is 0.322 e. The molecule has 2 aromatic carbocycles. The first-order chi connectivity index (χ1) is 15.5. The molecule has 3 N–H and O–H groups in total. The molecule has 0 aliphatic rings. The highest BCUT2D eigenvalue weighted by Crippen LogP contribution is 2.34. The number of aliphatic carboxylic acids is 1. The SMILES string of the molecule is O=C(O)CNC(=O)c1c(O)c2ccc(-c3cnn(-c4ccccc4)c3)cc2c2ncnn12. The van der Waals surface area contributed by atoms with Gasteiger partial charge in [-0.1, -0.05) is 24.3 Å². The molecule has 0 aliphatic carbocycles. The standard InChI is InChI=1S/C22H16N6O4/c29-18(30)10-23-22(32)19-20(31)16-7-6-13(8-17(16)21-24-12-26-28(19)21)14-9-25-27(11-14)15-4-2-1-3-5-15/h1-9,11-12,31H,10H2,(H,23,32)(H,29,30). The summed E-state index contributed by atoms with van der Waals surface area (Å²) in [6, 6.07) is 15.0. The van der Waals surface area contributed by atoms with E-state index < -0.39 is 18.4 Å². The van der Waals surface area contributed by atoms with E-state index in [1.54, 1.807) is 23.0 Å². The molecule has 0 radical (unpaired) electrons. The quantitative estimate of drug-likeness (QED) is 0.391. The number of carboxylic acid groups (broad SMARTS) is 1. The molecule has 0 saturated carbocycles. The third kappa shape index (κ3) is 3.19. The van der Waals surface area contributed by atoms with Crippen LogP contribution in [0.3, 0.4) is 0 Å². The number of amides is 1. The molecular weight excluding hydrogens is 412 g/mol. The summed E-state index contributed by atoms with van der Waals surface area (Å²) in [4.78, 5) is 27.5. The van der Waals surface area contributed by atoms with E-state index in [1.807, 2.05) is 42.6 Å². The van der Waals surface area contributed by atoms with E-state index in [1.165, 1.54) is 10.8 Å². The number of nitrogens with zero attached hydrogens (tertiary/aromatic N) is 5. The van der Waals surface area contributed by atoms with Crippen LogP contribution in [0.25, 0.3) is 33.2 Å². The van der Waals surface area contributed by atoms with Crippen LogP contribution in [-0.4, -0.2) is 53.0 Å². The molecular formula is C22H16N6O4. The van der Waals surface area contributed by atoms with Crippen LogP contribution in [0.15, 0.2) is 67.3 Å². The Kier molecular flexibility index (Phi) is 4.52. The maximum atomic E-state index is 12.5. The molecule has 0 unspecified atom stereocenters. The van der Waals surface area contributed by atoms with Crippen LogP contribution in [0.4, 0.5) is 0 Å². The number of hydrogen-bond donors (Lipinski definition) is 3. The number of carboxylic acids is 1. The highest BCUT2D eigenvalue weighted by atomic mass is 16.4. The number of aromatic hydroxyl groups is 1. The van der Waals surface area contributed by atoms with Gasteiger partial charge in [0.05, 0.1) is 11.9 Å². The van der Waals surface area contributed by atoms with Gasteiger partial charge in [0.25, 0.3) is 5.91 Å². The number of pyridine rings is 1. The molecule has 3 heterocycles. The number of hydrogen-bond acceptors (Lipinski definition) is 6. The Morgan fingerprint density at radius 2 is 1.81 bits per heavy atom. The minimum atomic E-state index is -1.20. The zero-order chi connectivity index (χ0) is 22.2. The van der Waals surface area contributed by atoms with Gasteiger partial charge in [-0.2, -0.15) is 10.2 Å². The van der Waals surface area contributed by atoms with Crippen LogP contribution in [0.1, 0.15) is 10.5 Å². The van der Waals surface area contributed by atoms with Gasteiger partial charge < -0.3 is 15.5 Å². The Balaban J connectivity index is 1.61. The first-order valence-electron chi connectivity index (χ1n) is 9.62. The van der Waals surface area contributed by atoms with Crippen molar-refractivity contribution in [2.24, 2.45) is 0 Å². The topological polar surface area (TPSA) is 135 Å². The summed E-state index contributed by atoms with van der Waals surface area (Å²) in [7, 11) is 0. The minimum absolute atomic E-state index is 0.184. The van der Waals surface area contributed by atoms with E-state index in [9.17, 15) is 14.7 Å². The van der Waals surface area contributed by atoms with Crippen molar-refractivity contribution in [3.8, 4) is 22.6 Å². The largest absolute Gasteiger partial charge is 0.505 e. The third-order valence-corrected chi connectivity index (χ3v) is 5.05. The van der Waals surface area contributed by atoms with Crippen molar-refractivity contribution in [2.75, 3.05) is 6.54 Å². The number of nitrogens with one attached hydrogen (secondary N) is 1. The number of aromatic nitrogens is 5. The van der Waals surface area contributed by atoms with Crippen LogP contribution in [0.2, 0.25) is 0 Å². The van der Waals surface area contributed by atoms with Gasteiger partial charge in [-0.3, -0.25) is 9.59 Å². The van der Waals surface area contributed by atoms with Gasteiger partial charge in [0.2, 0.25) is 0 Å². The van der Waals surface area contributed by atoms with E-state index in [0.717, 1.165) is 16.8 Å². The molecule has 0 fully saturated rings. The number of rotatable bonds is 5. The zero-order valence-corrected chi connectivity index (χ0v) is 16.5. The summed E-state index contributed by atoms with van der Waals surface area (Å²) >= 11 is 0. The van der Waals surface area contributed by atoms with Crippen molar-refractivity contribution in [2.45, 2.75) is 0 Å². The molecule has 10 heteroatoms. The summed E-state index contributed by atoms with van der Waals surface area (Å²) in [5, 5.41) is 31.3. The average molecular weight is 428 g/mol. The molecule has 0 spiro atoms. The Morgan fingerprint density at radius 3 is 2.59 bits per heavy atom. The summed E-state index contributed by atoms with van der Waals surface area (Å²) in [5.74, 6) is -2.28. The summed E-state index contributed by atoms with van der Waals surface area (Å²) < 4.78 is 2.96. The minimum Gasteiger partial charge on any atom is -0.505 e. The Bertz CT molecular complexity index is 1490. The number of benzene rings is 2. The fraction of sp³-hybridized carbons (Fsp3) is 0.0455. The van der Waals surface area contributed by atoms with Gasteiger partial charge in [-0.05, 0) is 29.8 Å². The van der Waals surface area contributed by atoms with Crippen molar-refractivity contribution in [1.29, 1.82) is 0 Å². The lowest BCUT2D eigenvalue weighted by molar-refractivity contribution is -0.135. The second-order valence-corrected chi connectivity index (χ2v) is 7.04. The second kappa shape index (κ2) is 7.51. The molecule has 0 saturated heterocycles. The highest BCUT2D eigenvalue weighted by Gasteiger charge is 2.22. The lowest BCUT2D eigenvalue weighted by Gasteiger charge is -2.11. The van der Waals surface area contributed by atoms with E-state index in [4.69, 9.17) is 5.11 Å². The third-order valence-electron chi connectivity index (χ3n) is 5.05. The van der Waals surface area contributed by atoms with Crippen molar-refractivity contribution in [1.82, 2.24) is 29.7 Å². The molecule has 0 bridgehead atoms. The van der Waals surface area contributed by atoms with Gasteiger partial charge >= 0.3 is 5.97 Å². The Labute approximate surface area is 180 Å². The Hall–Kier alpha value is -4.73. The van der Waals surface area contributed by atoms with Crippen LogP contribution < -0.4 is 5.32 Å².